The highest BCUT2D eigenvalue weighted by Gasteiger charge is 1.71. The zero-order valence-electron chi connectivity index (χ0n) is 4.13. The molecule has 5 heteroatoms. The zero-order valence-corrected chi connectivity index (χ0v) is 4.88. The average Bonchev–Trinajstić information content (AvgIpc) is 1.65. The predicted octanol–water partition coefficient (Wildman–Crippen LogP) is 0.692. The van der Waals surface area contributed by atoms with Gasteiger partial charge in [0.2, 0.25) is 0 Å². The highest BCUT2D eigenvalue weighted by Crippen LogP contribution is 1.67. The Kier molecular flexibility index (Phi) is 12.2. The molecule has 0 saturated heterocycles. The quantitative estimate of drug-likeness (QED) is 0.430. The van der Waals surface area contributed by atoms with E-state index in [-0.39, 0.29) is 0 Å². The summed E-state index contributed by atoms with van der Waals surface area (Å²) in [4.78, 5) is 17.7. The van der Waals surface area contributed by atoms with Crippen molar-refractivity contribution < 1.29 is 19.4 Å². The van der Waals surface area contributed by atoms with Crippen LogP contribution in [0.25, 0.3) is 0 Å². The summed E-state index contributed by atoms with van der Waals surface area (Å²) in [5, 5.41) is 7.18. The molecule has 0 heterocycles. The summed E-state index contributed by atoms with van der Waals surface area (Å²) in [5.74, 6) is 0. The minimum Gasteiger partial charge on any atom is -0.471 e. The summed E-state index contributed by atoms with van der Waals surface area (Å²) in [5.41, 5.74) is -1.36. The van der Waals surface area contributed by atoms with E-state index < -0.39 is 5.43 Å². The monoisotopic (exact) mass is 140 g/mol. The van der Waals surface area contributed by atoms with E-state index in [0.29, 0.717) is 6.47 Å². The second-order valence-electron chi connectivity index (χ2n) is 0.585. The molecule has 0 unspecified atom stereocenters. The molecule has 0 bridgehead atoms. The van der Waals surface area contributed by atoms with Gasteiger partial charge < -0.3 is 9.84 Å². The van der Waals surface area contributed by atoms with Crippen LogP contribution in [0.15, 0.2) is 0 Å². The minimum atomic E-state index is -1.36. The zero-order chi connectivity index (χ0) is 6.99. The summed E-state index contributed by atoms with van der Waals surface area (Å²) in [6.45, 7) is 0.375. The third-order valence-electron chi connectivity index (χ3n) is 0.0962. The van der Waals surface area contributed by atoms with E-state index >= 15 is 0 Å². The molecule has 0 atom stereocenters. The van der Waals surface area contributed by atoms with Crippen LogP contribution in [0, 0.1) is 0 Å². The van der Waals surface area contributed by atoms with Crippen LogP contribution in [-0.4, -0.2) is 24.1 Å². The van der Waals surface area contributed by atoms with Crippen LogP contribution in [0.3, 0.4) is 0 Å². The maximum absolute atomic E-state index is 8.95. The van der Waals surface area contributed by atoms with Crippen LogP contribution in [0.5, 0.6) is 0 Å². The van der Waals surface area contributed by atoms with E-state index in [4.69, 9.17) is 14.7 Å². The van der Waals surface area contributed by atoms with Gasteiger partial charge in [0.1, 0.15) is 0 Å². The molecule has 0 aliphatic heterocycles. The molecule has 0 aromatic carbocycles. The van der Waals surface area contributed by atoms with Gasteiger partial charge in [-0.3, -0.25) is 4.79 Å². The van der Waals surface area contributed by atoms with E-state index in [9.17, 15) is 0 Å². The molecule has 0 rings (SSSR count). The van der Waals surface area contributed by atoms with Crippen LogP contribution in [-0.2, 0) is 9.53 Å². The normalized spacial score (nSPS) is 5.75. The first-order valence-electron chi connectivity index (χ1n) is 1.50. The lowest BCUT2D eigenvalue weighted by Gasteiger charge is -1.67. The predicted molar refractivity (Wildman–Crippen MR) is 27.0 cm³/mol. The fourth-order valence-corrected chi connectivity index (χ4v) is 0. The fraction of sp³-hybridized carbons (Fsp3) is 0.333. The Balaban J connectivity index is 0. The van der Waals surface area contributed by atoms with Gasteiger partial charge in [-0.2, -0.15) is 0 Å². The van der Waals surface area contributed by atoms with E-state index in [2.05, 4.69) is 16.3 Å². The van der Waals surface area contributed by atoms with Crippen molar-refractivity contribution >= 4 is 23.5 Å². The Hall–Kier alpha value is -0.770. The van der Waals surface area contributed by atoms with Gasteiger partial charge in [0.05, 0.1) is 7.11 Å². The lowest BCUT2D eigenvalue weighted by molar-refractivity contribution is -0.126. The van der Waals surface area contributed by atoms with Crippen molar-refractivity contribution in [1.82, 2.24) is 0 Å². The van der Waals surface area contributed by atoms with Gasteiger partial charge in [-0.15, -0.1) is 0 Å². The van der Waals surface area contributed by atoms with Gasteiger partial charge in [0, 0.05) is 11.6 Å². The lowest BCUT2D eigenvalue weighted by atomic mass is 11.5. The summed E-state index contributed by atoms with van der Waals surface area (Å²) in [7, 11) is 1.31. The van der Waals surface area contributed by atoms with Crippen LogP contribution < -0.4 is 0 Å². The Bertz CT molecular complexity index is 67.7. The van der Waals surface area contributed by atoms with Gasteiger partial charge >= 0.3 is 5.43 Å². The molecule has 0 aromatic heterocycles. The smallest absolute Gasteiger partial charge is 0.401 e. The summed E-state index contributed by atoms with van der Waals surface area (Å²) < 4.78 is 3.86. The van der Waals surface area contributed by atoms with Crippen molar-refractivity contribution in [3.63, 3.8) is 0 Å². The van der Waals surface area contributed by atoms with E-state index in [1.54, 1.807) is 0 Å². The van der Waals surface area contributed by atoms with Crippen molar-refractivity contribution in [2.24, 2.45) is 0 Å². The molecule has 0 fully saturated rings. The van der Waals surface area contributed by atoms with Crippen LogP contribution in [0.1, 0.15) is 0 Å². The Labute approximate surface area is 51.0 Å². The SMILES string of the molecule is COC=O.O=C(O)Cl. The van der Waals surface area contributed by atoms with Gasteiger partial charge in [0.15, 0.2) is 0 Å². The van der Waals surface area contributed by atoms with Crippen LogP contribution in [0.4, 0.5) is 4.79 Å². The molecule has 1 N–H and O–H groups in total. The number of carbonyl (C=O) groups excluding carboxylic acids is 1. The molecule has 0 aromatic rings. The average molecular weight is 141 g/mol. The third-order valence-corrected chi connectivity index (χ3v) is 0.0962. The third kappa shape index (κ3) is 1770. The number of ether oxygens (including phenoxy) is 1. The molecule has 48 valence electrons. The first-order chi connectivity index (χ1) is 3.65. The highest BCUT2D eigenvalue weighted by atomic mass is 35.5. The topological polar surface area (TPSA) is 63.6 Å². The summed E-state index contributed by atoms with van der Waals surface area (Å²) in [6, 6.07) is 0. The maximum atomic E-state index is 8.95. The number of methoxy groups -OCH3 is 1. The minimum absolute atomic E-state index is 0.375. The van der Waals surface area contributed by atoms with Crippen molar-refractivity contribution in [2.45, 2.75) is 0 Å². The fourth-order valence-electron chi connectivity index (χ4n) is 0. The summed E-state index contributed by atoms with van der Waals surface area (Å²) in [6.07, 6.45) is 0. The number of carboxylic acid groups (broad SMARTS) is 1. The second kappa shape index (κ2) is 9.52. The van der Waals surface area contributed by atoms with Crippen molar-refractivity contribution in [2.75, 3.05) is 7.11 Å². The van der Waals surface area contributed by atoms with Gasteiger partial charge in [-0.1, -0.05) is 0 Å². The standard InChI is InChI=1S/C2H4O2.CHClO2/c1-4-2-3;2-1(3)4/h2H,1H3;(H,3,4). The number of halogens is 1. The highest BCUT2D eigenvalue weighted by molar-refractivity contribution is 6.60. The number of rotatable bonds is 1. The van der Waals surface area contributed by atoms with Crippen molar-refractivity contribution in [3.05, 3.63) is 0 Å². The largest absolute Gasteiger partial charge is 0.471 e. The molecule has 8 heavy (non-hydrogen) atoms. The first-order valence-corrected chi connectivity index (χ1v) is 1.87. The van der Waals surface area contributed by atoms with E-state index in [0.717, 1.165) is 0 Å². The van der Waals surface area contributed by atoms with Crippen molar-refractivity contribution in [3.8, 4) is 0 Å². The van der Waals surface area contributed by atoms with Crippen molar-refractivity contribution in [1.29, 1.82) is 0 Å². The Morgan fingerprint density at radius 2 is 2.00 bits per heavy atom. The molecule has 0 aliphatic carbocycles. The molecule has 0 saturated carbocycles. The maximum Gasteiger partial charge on any atom is 0.401 e. The molecular formula is C3H5ClO4. The van der Waals surface area contributed by atoms with Crippen LogP contribution in [0.2, 0.25) is 0 Å². The molecule has 0 spiro atoms. The molecule has 4 nitrogen and oxygen atoms in total. The summed E-state index contributed by atoms with van der Waals surface area (Å²) >= 11 is 4.19. The van der Waals surface area contributed by atoms with E-state index in [1.807, 2.05) is 0 Å². The molecule has 0 radical (unpaired) electrons. The molecule has 0 amide bonds. The Morgan fingerprint density at radius 1 is 1.88 bits per heavy atom. The number of hydrogen-bond acceptors (Lipinski definition) is 3. The number of hydrogen-bond donors (Lipinski definition) is 1. The first kappa shape index (κ1) is 10.3. The van der Waals surface area contributed by atoms with Gasteiger partial charge in [-0.25, -0.2) is 4.79 Å². The Morgan fingerprint density at radius 3 is 2.00 bits per heavy atom. The second-order valence-corrected chi connectivity index (χ2v) is 0.908. The van der Waals surface area contributed by atoms with Gasteiger partial charge in [0.25, 0.3) is 6.47 Å². The number of carbonyl (C=O) groups is 2. The van der Waals surface area contributed by atoms with E-state index in [1.165, 1.54) is 7.11 Å². The molecular weight excluding hydrogens is 135 g/mol. The molecule has 0 aliphatic rings. The lowest BCUT2D eigenvalue weighted by Crippen LogP contribution is -1.68. The van der Waals surface area contributed by atoms with Gasteiger partial charge in [-0.05, 0) is 0 Å². The van der Waals surface area contributed by atoms with Crippen LogP contribution >= 0.6 is 11.6 Å².